The van der Waals surface area contributed by atoms with Gasteiger partial charge in [0.2, 0.25) is 0 Å². The molecule has 0 saturated carbocycles. The summed E-state index contributed by atoms with van der Waals surface area (Å²) in [5.74, 6) is 0.870. The maximum Gasteiger partial charge on any atom is 0.401 e. The van der Waals surface area contributed by atoms with E-state index < -0.39 is 12.7 Å². The number of carbonyl (C=O) groups excluding carboxylic acids is 1. The zero-order valence-electron chi connectivity index (χ0n) is 15.2. The minimum atomic E-state index is -4.17. The number of nitrogens with one attached hydrogen (secondary N) is 1. The highest BCUT2D eigenvalue weighted by Crippen LogP contribution is 2.22. The molecule has 0 spiro atoms. The van der Waals surface area contributed by atoms with Crippen LogP contribution in [0.4, 0.5) is 23.8 Å². The molecule has 2 fully saturated rings. The van der Waals surface area contributed by atoms with Crippen molar-refractivity contribution in [1.82, 2.24) is 25.3 Å². The van der Waals surface area contributed by atoms with Gasteiger partial charge >= 0.3 is 12.2 Å². The molecule has 27 heavy (non-hydrogen) atoms. The molecule has 0 bridgehead atoms. The van der Waals surface area contributed by atoms with Crippen LogP contribution in [0.5, 0.6) is 0 Å². The number of aromatic nitrogens is 2. The maximum absolute atomic E-state index is 12.5. The molecule has 1 aromatic heterocycles. The van der Waals surface area contributed by atoms with Crippen LogP contribution in [0, 0.1) is 5.92 Å². The van der Waals surface area contributed by atoms with E-state index in [1.807, 2.05) is 12.1 Å². The number of hydrogen-bond acceptors (Lipinski definition) is 5. The maximum atomic E-state index is 12.5. The summed E-state index contributed by atoms with van der Waals surface area (Å²) in [5.41, 5.74) is 0. The summed E-state index contributed by atoms with van der Waals surface area (Å²) in [5, 5.41) is 10.9. The largest absolute Gasteiger partial charge is 0.401 e. The predicted molar refractivity (Wildman–Crippen MR) is 94.4 cm³/mol. The van der Waals surface area contributed by atoms with Gasteiger partial charge in [-0.1, -0.05) is 0 Å². The average Bonchev–Trinajstić information content (AvgIpc) is 2.91. The first kappa shape index (κ1) is 19.7. The van der Waals surface area contributed by atoms with Gasteiger partial charge in [-0.2, -0.15) is 18.3 Å². The van der Waals surface area contributed by atoms with E-state index in [9.17, 15) is 18.0 Å². The quantitative estimate of drug-likeness (QED) is 0.851. The fourth-order valence-electron chi connectivity index (χ4n) is 3.63. The lowest BCUT2D eigenvalue weighted by molar-refractivity contribution is -0.143. The third-order valence-corrected chi connectivity index (χ3v) is 4.98. The Morgan fingerprint density at radius 2 is 2.07 bits per heavy atom. The third kappa shape index (κ3) is 5.95. The number of anilines is 1. The summed E-state index contributed by atoms with van der Waals surface area (Å²) in [7, 11) is 0. The first-order valence-corrected chi connectivity index (χ1v) is 9.25. The molecular formula is C17H25F3N6O. The highest BCUT2D eigenvalue weighted by atomic mass is 19.4. The van der Waals surface area contributed by atoms with E-state index in [1.165, 1.54) is 4.90 Å². The molecule has 150 valence electrons. The van der Waals surface area contributed by atoms with E-state index in [-0.39, 0.29) is 11.9 Å². The van der Waals surface area contributed by atoms with Gasteiger partial charge in [-0.15, -0.1) is 5.10 Å². The van der Waals surface area contributed by atoms with Crippen molar-refractivity contribution >= 4 is 11.8 Å². The van der Waals surface area contributed by atoms with Crippen LogP contribution in [-0.2, 0) is 0 Å². The molecule has 0 radical (unpaired) electrons. The van der Waals surface area contributed by atoms with Crippen molar-refractivity contribution in [3.05, 3.63) is 18.3 Å². The van der Waals surface area contributed by atoms with Crippen molar-refractivity contribution in [1.29, 1.82) is 0 Å². The Morgan fingerprint density at radius 3 is 2.81 bits per heavy atom. The summed E-state index contributed by atoms with van der Waals surface area (Å²) in [6.45, 7) is 3.05. The number of alkyl halides is 3. The molecule has 2 amide bonds. The van der Waals surface area contributed by atoms with Crippen molar-refractivity contribution in [3.8, 4) is 0 Å². The number of halogens is 3. The van der Waals surface area contributed by atoms with Gasteiger partial charge in [-0.05, 0) is 37.4 Å². The second kappa shape index (κ2) is 8.73. The Labute approximate surface area is 156 Å². The number of nitrogens with zero attached hydrogens (tertiary/aromatic N) is 5. The number of urea groups is 1. The molecule has 3 heterocycles. The monoisotopic (exact) mass is 386 g/mol. The second-order valence-corrected chi connectivity index (χ2v) is 7.10. The number of carbonyl (C=O) groups is 1. The minimum absolute atomic E-state index is 0.0689. The van der Waals surface area contributed by atoms with Crippen LogP contribution in [0.2, 0.25) is 0 Å². The average molecular weight is 386 g/mol. The topological polar surface area (TPSA) is 64.6 Å². The third-order valence-electron chi connectivity index (χ3n) is 4.98. The van der Waals surface area contributed by atoms with Crippen molar-refractivity contribution < 1.29 is 18.0 Å². The molecule has 1 aromatic rings. The summed E-state index contributed by atoms with van der Waals surface area (Å²) in [6.07, 6.45) is -1.04. The smallest absolute Gasteiger partial charge is 0.353 e. The van der Waals surface area contributed by atoms with Gasteiger partial charge in [-0.25, -0.2) is 4.79 Å². The molecule has 7 nitrogen and oxygen atoms in total. The fraction of sp³-hybridized carbons (Fsp3) is 0.706. The zero-order chi connectivity index (χ0) is 19.3. The molecule has 1 atom stereocenters. The molecule has 10 heteroatoms. The van der Waals surface area contributed by atoms with E-state index in [0.717, 1.165) is 18.8 Å². The molecule has 1 N–H and O–H groups in total. The Balaban J connectivity index is 1.41. The van der Waals surface area contributed by atoms with E-state index in [2.05, 4.69) is 20.4 Å². The lowest BCUT2D eigenvalue weighted by Crippen LogP contribution is -2.44. The van der Waals surface area contributed by atoms with Crippen molar-refractivity contribution in [2.75, 3.05) is 57.3 Å². The molecule has 2 aliphatic rings. The standard InChI is InChI=1S/C17H25F3N6O/c18-17(19,20)13-24-8-4-14(12-24)11-21-16(27)26-7-2-6-25(9-10-26)15-3-1-5-22-23-15/h1,3,5,14H,2,4,6-13H2,(H,21,27). The van der Waals surface area contributed by atoms with Gasteiger partial charge < -0.3 is 15.1 Å². The molecular weight excluding hydrogens is 361 g/mol. The SMILES string of the molecule is O=C(NCC1CCN(CC(F)(F)F)C1)N1CCCN(c2cccnn2)CC1. The van der Waals surface area contributed by atoms with Crippen molar-refractivity contribution in [2.24, 2.45) is 5.92 Å². The summed E-state index contributed by atoms with van der Waals surface area (Å²) >= 11 is 0. The van der Waals surface area contributed by atoms with E-state index >= 15 is 0 Å². The van der Waals surface area contributed by atoms with E-state index in [1.54, 1.807) is 11.1 Å². The van der Waals surface area contributed by atoms with Crippen LogP contribution in [0.25, 0.3) is 0 Å². The number of hydrogen-bond donors (Lipinski definition) is 1. The van der Waals surface area contributed by atoms with Gasteiger partial charge in [0, 0.05) is 45.5 Å². The Kier molecular flexibility index (Phi) is 6.35. The normalized spacial score (nSPS) is 22.0. The molecule has 2 aliphatic heterocycles. The van der Waals surface area contributed by atoms with Crippen LogP contribution < -0.4 is 10.2 Å². The van der Waals surface area contributed by atoms with Crippen molar-refractivity contribution in [2.45, 2.75) is 19.0 Å². The first-order valence-electron chi connectivity index (χ1n) is 9.25. The summed E-state index contributed by atoms with van der Waals surface area (Å²) in [6, 6.07) is 3.59. The van der Waals surface area contributed by atoms with Gasteiger partial charge in [0.05, 0.1) is 6.54 Å². The first-order chi connectivity index (χ1) is 12.9. The summed E-state index contributed by atoms with van der Waals surface area (Å²) in [4.78, 5) is 17.7. The molecule has 2 saturated heterocycles. The lowest BCUT2D eigenvalue weighted by Gasteiger charge is -2.23. The van der Waals surface area contributed by atoms with Crippen LogP contribution in [0.15, 0.2) is 18.3 Å². The second-order valence-electron chi connectivity index (χ2n) is 7.10. The van der Waals surface area contributed by atoms with Gasteiger partial charge in [0.1, 0.15) is 0 Å². The van der Waals surface area contributed by atoms with Crippen LogP contribution in [-0.4, -0.2) is 84.6 Å². The Morgan fingerprint density at radius 1 is 1.22 bits per heavy atom. The molecule has 0 aromatic carbocycles. The fourth-order valence-corrected chi connectivity index (χ4v) is 3.63. The highest BCUT2D eigenvalue weighted by molar-refractivity contribution is 5.74. The number of amides is 2. The highest BCUT2D eigenvalue weighted by Gasteiger charge is 2.34. The Hall–Kier alpha value is -2.10. The zero-order valence-corrected chi connectivity index (χ0v) is 15.2. The van der Waals surface area contributed by atoms with E-state index in [0.29, 0.717) is 45.7 Å². The van der Waals surface area contributed by atoms with Crippen LogP contribution in [0.1, 0.15) is 12.8 Å². The lowest BCUT2D eigenvalue weighted by atomic mass is 10.1. The van der Waals surface area contributed by atoms with Crippen molar-refractivity contribution in [3.63, 3.8) is 0 Å². The van der Waals surface area contributed by atoms with Gasteiger partial charge in [-0.3, -0.25) is 4.90 Å². The molecule has 0 aliphatic carbocycles. The van der Waals surface area contributed by atoms with Crippen LogP contribution in [0.3, 0.4) is 0 Å². The van der Waals surface area contributed by atoms with E-state index in [4.69, 9.17) is 0 Å². The summed E-state index contributed by atoms with van der Waals surface area (Å²) < 4.78 is 37.4. The van der Waals surface area contributed by atoms with Gasteiger partial charge in [0.15, 0.2) is 5.82 Å². The molecule has 3 rings (SSSR count). The Bertz CT molecular complexity index is 614. The van der Waals surface area contributed by atoms with Crippen LogP contribution >= 0.6 is 0 Å². The predicted octanol–water partition coefficient (Wildman–Crippen LogP) is 1.58. The number of likely N-dealkylation sites (tertiary alicyclic amines) is 1. The number of rotatable bonds is 4. The minimum Gasteiger partial charge on any atom is -0.353 e. The molecule has 1 unspecified atom stereocenters. The van der Waals surface area contributed by atoms with Gasteiger partial charge in [0.25, 0.3) is 0 Å².